The Hall–Kier alpha value is -1.11. The van der Waals surface area contributed by atoms with E-state index in [1.165, 1.54) is 0 Å². The molecule has 5 nitrogen and oxygen atoms in total. The van der Waals surface area contributed by atoms with Crippen LogP contribution in [0.15, 0.2) is 17.0 Å². The second-order valence-electron chi connectivity index (χ2n) is 5.41. The molecular formula is C14H24N2O3S. The lowest BCUT2D eigenvalue weighted by molar-refractivity contribution is 0.171. The number of hydrogen-bond donors (Lipinski definition) is 2. The fourth-order valence-electron chi connectivity index (χ4n) is 1.92. The van der Waals surface area contributed by atoms with Crippen LogP contribution in [0.2, 0.25) is 0 Å². The van der Waals surface area contributed by atoms with E-state index < -0.39 is 10.0 Å². The zero-order valence-electron chi connectivity index (χ0n) is 12.7. The third-order valence-corrected chi connectivity index (χ3v) is 4.35. The van der Waals surface area contributed by atoms with Crippen molar-refractivity contribution < 1.29 is 13.2 Å². The molecule has 0 aliphatic rings. The molecule has 3 N–H and O–H groups in total. The highest BCUT2D eigenvalue weighted by Crippen LogP contribution is 2.25. The van der Waals surface area contributed by atoms with Gasteiger partial charge in [-0.25, -0.2) is 13.6 Å². The fourth-order valence-corrected chi connectivity index (χ4v) is 2.54. The molecule has 1 aromatic carbocycles. The largest absolute Gasteiger partial charge is 0.383 e. The number of ether oxygens (including phenoxy) is 1. The first-order valence-electron chi connectivity index (χ1n) is 6.56. The van der Waals surface area contributed by atoms with E-state index in [-0.39, 0.29) is 10.9 Å². The third-order valence-electron chi connectivity index (χ3n) is 3.46. The van der Waals surface area contributed by atoms with E-state index in [0.717, 1.165) is 16.8 Å². The summed E-state index contributed by atoms with van der Waals surface area (Å²) >= 11 is 0. The number of nitrogens with one attached hydrogen (secondary N) is 1. The highest BCUT2D eigenvalue weighted by Gasteiger charge is 2.17. The summed E-state index contributed by atoms with van der Waals surface area (Å²) in [5, 5.41) is 8.57. The molecule has 0 spiro atoms. The average molecular weight is 300 g/mol. The molecular weight excluding hydrogens is 276 g/mol. The number of aryl methyl sites for hydroxylation is 1. The molecule has 0 saturated heterocycles. The van der Waals surface area contributed by atoms with Crippen LogP contribution in [0, 0.1) is 19.8 Å². The van der Waals surface area contributed by atoms with Gasteiger partial charge >= 0.3 is 0 Å². The van der Waals surface area contributed by atoms with Gasteiger partial charge in [0.25, 0.3) is 0 Å². The van der Waals surface area contributed by atoms with Crippen LogP contribution in [0.25, 0.3) is 0 Å². The van der Waals surface area contributed by atoms with E-state index in [1.54, 1.807) is 19.2 Å². The molecule has 1 atom stereocenters. The van der Waals surface area contributed by atoms with Crippen molar-refractivity contribution in [2.75, 3.05) is 19.0 Å². The Bertz CT molecular complexity index is 568. The van der Waals surface area contributed by atoms with Crippen LogP contribution in [-0.2, 0) is 14.8 Å². The van der Waals surface area contributed by atoms with E-state index >= 15 is 0 Å². The van der Waals surface area contributed by atoms with Crippen LogP contribution in [0.5, 0.6) is 0 Å². The van der Waals surface area contributed by atoms with E-state index in [0.29, 0.717) is 12.5 Å². The molecule has 114 valence electrons. The van der Waals surface area contributed by atoms with Crippen molar-refractivity contribution in [1.29, 1.82) is 0 Å². The maximum atomic E-state index is 11.5. The van der Waals surface area contributed by atoms with Gasteiger partial charge < -0.3 is 10.1 Å². The SMILES string of the molecule is COCC(Nc1cc(S(N)(=O)=O)cc(C)c1C)C(C)C. The zero-order valence-corrected chi connectivity index (χ0v) is 13.5. The summed E-state index contributed by atoms with van der Waals surface area (Å²) in [6.07, 6.45) is 0. The van der Waals surface area contributed by atoms with Gasteiger partial charge in [0.15, 0.2) is 0 Å². The molecule has 0 bridgehead atoms. The van der Waals surface area contributed by atoms with Crippen molar-refractivity contribution in [1.82, 2.24) is 0 Å². The normalized spacial score (nSPS) is 13.6. The molecule has 0 radical (unpaired) electrons. The second kappa shape index (κ2) is 6.56. The van der Waals surface area contributed by atoms with E-state index in [1.807, 2.05) is 13.8 Å². The Morgan fingerprint density at radius 3 is 2.35 bits per heavy atom. The van der Waals surface area contributed by atoms with Crippen LogP contribution < -0.4 is 10.5 Å². The molecule has 0 amide bonds. The van der Waals surface area contributed by atoms with Crippen molar-refractivity contribution >= 4 is 15.7 Å². The first kappa shape index (κ1) is 16.9. The lowest BCUT2D eigenvalue weighted by Gasteiger charge is -2.24. The maximum absolute atomic E-state index is 11.5. The standard InChI is InChI=1S/C14H24N2O3S/c1-9(2)14(8-19-5)16-13-7-12(20(15,17)18)6-10(3)11(13)4/h6-7,9,14,16H,8H2,1-5H3,(H2,15,17,18). The molecule has 1 unspecified atom stereocenters. The van der Waals surface area contributed by atoms with Crippen LogP contribution in [0.1, 0.15) is 25.0 Å². The molecule has 0 heterocycles. The molecule has 0 fully saturated rings. The van der Waals surface area contributed by atoms with Gasteiger partial charge in [0, 0.05) is 12.8 Å². The number of benzene rings is 1. The van der Waals surface area contributed by atoms with Crippen LogP contribution in [-0.4, -0.2) is 28.2 Å². The number of rotatable bonds is 6. The van der Waals surface area contributed by atoms with Crippen LogP contribution in [0.4, 0.5) is 5.69 Å². The summed E-state index contributed by atoms with van der Waals surface area (Å²) in [5.74, 6) is 0.354. The lowest BCUT2D eigenvalue weighted by Crippen LogP contribution is -2.31. The zero-order chi connectivity index (χ0) is 15.5. The molecule has 1 rings (SSSR count). The molecule has 6 heteroatoms. The number of anilines is 1. The first-order valence-corrected chi connectivity index (χ1v) is 8.11. The highest BCUT2D eigenvalue weighted by atomic mass is 32.2. The van der Waals surface area contributed by atoms with Crippen molar-refractivity contribution in [3.05, 3.63) is 23.3 Å². The van der Waals surface area contributed by atoms with Gasteiger partial charge in [0.05, 0.1) is 17.5 Å². The summed E-state index contributed by atoms with van der Waals surface area (Å²) in [7, 11) is -2.06. The molecule has 0 aliphatic carbocycles. The summed E-state index contributed by atoms with van der Waals surface area (Å²) in [6, 6.07) is 3.29. The number of nitrogens with two attached hydrogens (primary N) is 1. The average Bonchev–Trinajstić information content (AvgIpc) is 2.32. The van der Waals surface area contributed by atoms with Gasteiger partial charge in [-0.05, 0) is 43.0 Å². The van der Waals surface area contributed by atoms with E-state index in [4.69, 9.17) is 9.88 Å². The maximum Gasteiger partial charge on any atom is 0.238 e. The minimum absolute atomic E-state index is 0.105. The molecule has 0 aliphatic heterocycles. The molecule has 20 heavy (non-hydrogen) atoms. The Kier molecular flexibility index (Phi) is 5.56. The topological polar surface area (TPSA) is 81.4 Å². The monoisotopic (exact) mass is 300 g/mol. The number of sulfonamides is 1. The Morgan fingerprint density at radius 1 is 1.30 bits per heavy atom. The first-order chi connectivity index (χ1) is 9.16. The minimum Gasteiger partial charge on any atom is -0.383 e. The third kappa shape index (κ3) is 4.19. The van der Waals surface area contributed by atoms with Crippen LogP contribution >= 0.6 is 0 Å². The highest BCUT2D eigenvalue weighted by molar-refractivity contribution is 7.89. The smallest absolute Gasteiger partial charge is 0.238 e. The summed E-state index contributed by atoms with van der Waals surface area (Å²) in [4.78, 5) is 0.128. The Morgan fingerprint density at radius 2 is 1.90 bits per heavy atom. The Balaban J connectivity index is 3.20. The number of hydrogen-bond acceptors (Lipinski definition) is 4. The quantitative estimate of drug-likeness (QED) is 0.842. The summed E-state index contributed by atoms with van der Waals surface area (Å²) in [5.41, 5.74) is 2.68. The number of primary sulfonamides is 1. The predicted octanol–water partition coefficient (Wildman–Crippen LogP) is 2.03. The van der Waals surface area contributed by atoms with E-state index in [2.05, 4.69) is 19.2 Å². The number of methoxy groups -OCH3 is 1. The second-order valence-corrected chi connectivity index (χ2v) is 6.97. The van der Waals surface area contributed by atoms with Gasteiger partial charge in [-0.2, -0.15) is 0 Å². The van der Waals surface area contributed by atoms with Gasteiger partial charge in [-0.3, -0.25) is 0 Å². The predicted molar refractivity (Wildman–Crippen MR) is 81.4 cm³/mol. The van der Waals surface area contributed by atoms with Gasteiger partial charge in [-0.15, -0.1) is 0 Å². The fraction of sp³-hybridized carbons (Fsp3) is 0.571. The lowest BCUT2D eigenvalue weighted by atomic mass is 10.0. The molecule has 1 aromatic rings. The van der Waals surface area contributed by atoms with E-state index in [9.17, 15) is 8.42 Å². The minimum atomic E-state index is -3.70. The van der Waals surface area contributed by atoms with Crippen molar-refractivity contribution in [3.63, 3.8) is 0 Å². The molecule has 0 saturated carbocycles. The Labute approximate surface area is 121 Å². The summed E-state index contributed by atoms with van der Waals surface area (Å²) in [6.45, 7) is 8.55. The summed E-state index contributed by atoms with van der Waals surface area (Å²) < 4.78 is 28.2. The van der Waals surface area contributed by atoms with Gasteiger partial charge in [0.1, 0.15) is 0 Å². The van der Waals surface area contributed by atoms with Crippen LogP contribution in [0.3, 0.4) is 0 Å². The van der Waals surface area contributed by atoms with Gasteiger partial charge in [0.2, 0.25) is 10.0 Å². The van der Waals surface area contributed by atoms with Crippen molar-refractivity contribution in [2.45, 2.75) is 38.6 Å². The van der Waals surface area contributed by atoms with Gasteiger partial charge in [-0.1, -0.05) is 13.8 Å². The molecule has 0 aromatic heterocycles. The van der Waals surface area contributed by atoms with Crippen molar-refractivity contribution in [2.24, 2.45) is 11.1 Å². The van der Waals surface area contributed by atoms with Crippen molar-refractivity contribution in [3.8, 4) is 0 Å².